The van der Waals surface area contributed by atoms with Crippen molar-refractivity contribution in [3.63, 3.8) is 0 Å². The fourth-order valence-electron chi connectivity index (χ4n) is 4.77. The van der Waals surface area contributed by atoms with Crippen LogP contribution in [-0.2, 0) is 6.18 Å². The number of benzene rings is 3. The Hall–Kier alpha value is -3.76. The Morgan fingerprint density at radius 1 is 0.842 bits per heavy atom. The molecule has 0 bridgehead atoms. The quantitative estimate of drug-likeness (QED) is 0.277. The number of halogens is 4. The molecule has 0 spiro atoms. The first-order valence-corrected chi connectivity index (χ1v) is 12.6. The van der Waals surface area contributed by atoms with Crippen LogP contribution in [-0.4, -0.2) is 64.2 Å². The lowest BCUT2D eigenvalue weighted by molar-refractivity contribution is -0.144. The van der Waals surface area contributed by atoms with Gasteiger partial charge in [0.25, 0.3) is 0 Å². The van der Waals surface area contributed by atoms with Crippen LogP contribution >= 0.6 is 11.6 Å². The maximum atomic E-state index is 13.0. The molecule has 0 radical (unpaired) electrons. The first-order valence-electron chi connectivity index (χ1n) is 12.3. The highest BCUT2D eigenvalue weighted by atomic mass is 35.5. The normalized spacial score (nSPS) is 15.0. The third kappa shape index (κ3) is 4.89. The number of nitrogens with zero attached hydrogens (tertiary/aromatic N) is 4. The number of rotatable bonds is 6. The van der Waals surface area contributed by atoms with Gasteiger partial charge in [-0.1, -0.05) is 23.7 Å². The van der Waals surface area contributed by atoms with E-state index in [1.165, 1.54) is 0 Å². The van der Waals surface area contributed by atoms with Gasteiger partial charge in [-0.2, -0.15) is 13.2 Å². The first kappa shape index (κ1) is 24.6. The Morgan fingerprint density at radius 3 is 2.29 bits per heavy atom. The van der Waals surface area contributed by atoms with E-state index in [4.69, 9.17) is 21.3 Å². The van der Waals surface area contributed by atoms with Crippen LogP contribution < -0.4 is 9.64 Å². The molecule has 1 saturated heterocycles. The summed E-state index contributed by atoms with van der Waals surface area (Å²) in [7, 11) is 0. The molecule has 0 saturated carbocycles. The van der Waals surface area contributed by atoms with Crippen LogP contribution in [0.15, 0.2) is 60.7 Å². The number of fused-ring (bicyclic) bond motifs is 2. The summed E-state index contributed by atoms with van der Waals surface area (Å²) >= 11 is 6.03. The maximum absolute atomic E-state index is 13.0. The molecule has 5 aromatic rings. The number of aromatic nitrogens is 4. The van der Waals surface area contributed by atoms with E-state index in [0.717, 1.165) is 54.3 Å². The van der Waals surface area contributed by atoms with Crippen LogP contribution in [0.5, 0.6) is 5.75 Å². The van der Waals surface area contributed by atoms with Gasteiger partial charge in [0.2, 0.25) is 5.82 Å². The summed E-state index contributed by atoms with van der Waals surface area (Å²) in [4.78, 5) is 18.9. The lowest BCUT2D eigenvalue weighted by atomic mass is 10.2. The molecule has 0 unspecified atom stereocenters. The van der Waals surface area contributed by atoms with Gasteiger partial charge < -0.3 is 19.6 Å². The standard InChI is InChI=1S/C27H24ClF3N6O/c28-18-9-7-17(8-10-18)25-32-19-3-1-5-21(23(19)34-25)37-13-11-36(12-14-37)15-16-38-22-6-2-4-20-24(22)35-26(33-20)27(29,30)31/h1-10H,11-16H2,(H,32,34)(H,33,35). The predicted molar refractivity (Wildman–Crippen MR) is 142 cm³/mol. The van der Waals surface area contributed by atoms with Crippen molar-refractivity contribution in [2.24, 2.45) is 0 Å². The van der Waals surface area contributed by atoms with Crippen molar-refractivity contribution < 1.29 is 17.9 Å². The molecule has 0 atom stereocenters. The minimum atomic E-state index is -4.53. The molecule has 0 aliphatic carbocycles. The second-order valence-electron chi connectivity index (χ2n) is 9.18. The Kier molecular flexibility index (Phi) is 6.37. The molecule has 1 aliphatic rings. The zero-order valence-electron chi connectivity index (χ0n) is 20.2. The molecule has 2 aromatic heterocycles. The zero-order valence-corrected chi connectivity index (χ0v) is 21.0. The largest absolute Gasteiger partial charge is 0.490 e. The number of nitrogens with one attached hydrogen (secondary N) is 2. The summed E-state index contributed by atoms with van der Waals surface area (Å²) in [5.41, 5.74) is 4.45. The van der Waals surface area contributed by atoms with Crippen LogP contribution in [0, 0.1) is 0 Å². The predicted octanol–water partition coefficient (Wildman–Crippen LogP) is 5.98. The lowest BCUT2D eigenvalue weighted by Gasteiger charge is -2.36. The average Bonchev–Trinajstić information content (AvgIpc) is 3.55. The monoisotopic (exact) mass is 540 g/mol. The fourth-order valence-corrected chi connectivity index (χ4v) is 4.90. The number of anilines is 1. The van der Waals surface area contributed by atoms with Crippen LogP contribution in [0.1, 0.15) is 5.82 Å². The van der Waals surface area contributed by atoms with Crippen molar-refractivity contribution in [2.45, 2.75) is 6.18 Å². The van der Waals surface area contributed by atoms with Gasteiger partial charge in [0, 0.05) is 43.3 Å². The topological polar surface area (TPSA) is 73.1 Å². The highest BCUT2D eigenvalue weighted by Crippen LogP contribution is 2.32. The lowest BCUT2D eigenvalue weighted by Crippen LogP contribution is -2.47. The summed E-state index contributed by atoms with van der Waals surface area (Å²) in [6.45, 7) is 4.33. The van der Waals surface area contributed by atoms with Crippen LogP contribution in [0.4, 0.5) is 18.9 Å². The number of hydrogen-bond acceptors (Lipinski definition) is 5. The summed E-state index contributed by atoms with van der Waals surface area (Å²) < 4.78 is 44.9. The van der Waals surface area contributed by atoms with Gasteiger partial charge in [-0.3, -0.25) is 4.90 Å². The SMILES string of the molecule is FC(F)(F)c1nc2c(OCCN3CCN(c4cccc5[nH]c(-c6ccc(Cl)cc6)nc45)CC3)cccc2[nH]1. The number of aromatic amines is 2. The molecule has 196 valence electrons. The van der Waals surface area contributed by atoms with E-state index >= 15 is 0 Å². The van der Waals surface area contributed by atoms with E-state index in [2.05, 4.69) is 30.8 Å². The molecule has 6 rings (SSSR count). The van der Waals surface area contributed by atoms with Gasteiger partial charge in [-0.05, 0) is 48.5 Å². The van der Waals surface area contributed by atoms with Gasteiger partial charge >= 0.3 is 6.18 Å². The number of ether oxygens (including phenoxy) is 1. The van der Waals surface area contributed by atoms with E-state index in [1.807, 2.05) is 36.4 Å². The Bertz CT molecular complexity index is 1570. The van der Waals surface area contributed by atoms with Crippen LogP contribution in [0.25, 0.3) is 33.5 Å². The molecule has 7 nitrogen and oxygen atoms in total. The minimum Gasteiger partial charge on any atom is -0.490 e. The second kappa shape index (κ2) is 9.85. The van der Waals surface area contributed by atoms with Gasteiger partial charge in [-0.15, -0.1) is 0 Å². The molecule has 3 aromatic carbocycles. The van der Waals surface area contributed by atoms with E-state index in [9.17, 15) is 13.2 Å². The van der Waals surface area contributed by atoms with Crippen molar-refractivity contribution in [2.75, 3.05) is 44.2 Å². The molecule has 1 fully saturated rings. The summed E-state index contributed by atoms with van der Waals surface area (Å²) in [6, 6.07) is 18.6. The van der Waals surface area contributed by atoms with Crippen molar-refractivity contribution >= 4 is 39.4 Å². The van der Waals surface area contributed by atoms with Crippen LogP contribution in [0.2, 0.25) is 5.02 Å². The Morgan fingerprint density at radius 2 is 1.55 bits per heavy atom. The molecule has 1 aliphatic heterocycles. The zero-order chi connectivity index (χ0) is 26.3. The molecule has 38 heavy (non-hydrogen) atoms. The van der Waals surface area contributed by atoms with Crippen molar-refractivity contribution in [1.29, 1.82) is 0 Å². The molecule has 0 amide bonds. The van der Waals surface area contributed by atoms with E-state index in [-0.39, 0.29) is 5.52 Å². The van der Waals surface area contributed by atoms with Crippen molar-refractivity contribution in [3.8, 4) is 17.1 Å². The third-order valence-corrected chi connectivity index (χ3v) is 6.98. The Balaban J connectivity index is 1.08. The van der Waals surface area contributed by atoms with Gasteiger partial charge in [0.15, 0.2) is 0 Å². The fraction of sp³-hybridized carbons (Fsp3) is 0.259. The third-order valence-electron chi connectivity index (χ3n) is 6.73. The minimum absolute atomic E-state index is 0.190. The summed E-state index contributed by atoms with van der Waals surface area (Å²) in [5, 5.41) is 0.683. The first-order chi connectivity index (χ1) is 18.3. The summed E-state index contributed by atoms with van der Waals surface area (Å²) in [5.74, 6) is 0.121. The second-order valence-corrected chi connectivity index (χ2v) is 9.61. The highest BCUT2D eigenvalue weighted by Gasteiger charge is 2.35. The van der Waals surface area contributed by atoms with Crippen molar-refractivity contribution in [1.82, 2.24) is 24.8 Å². The van der Waals surface area contributed by atoms with E-state index in [1.54, 1.807) is 18.2 Å². The highest BCUT2D eigenvalue weighted by molar-refractivity contribution is 6.30. The molecule has 2 N–H and O–H groups in total. The van der Waals surface area contributed by atoms with E-state index in [0.29, 0.717) is 29.4 Å². The van der Waals surface area contributed by atoms with Crippen molar-refractivity contribution in [3.05, 3.63) is 71.5 Å². The number of piperazine rings is 1. The van der Waals surface area contributed by atoms with Gasteiger partial charge in [0.05, 0.1) is 16.7 Å². The number of H-pyrrole nitrogens is 2. The van der Waals surface area contributed by atoms with Crippen LogP contribution in [0.3, 0.4) is 0 Å². The average molecular weight is 541 g/mol. The van der Waals surface area contributed by atoms with Gasteiger partial charge in [-0.25, -0.2) is 9.97 Å². The smallest absolute Gasteiger partial charge is 0.449 e. The number of alkyl halides is 3. The number of hydrogen-bond donors (Lipinski definition) is 2. The number of imidazole rings is 2. The molecular formula is C27H24ClF3N6O. The maximum Gasteiger partial charge on any atom is 0.449 e. The molecular weight excluding hydrogens is 517 g/mol. The Labute approximate surface area is 221 Å². The summed E-state index contributed by atoms with van der Waals surface area (Å²) in [6.07, 6.45) is -4.53. The number of para-hydroxylation sites is 2. The molecule has 11 heteroatoms. The molecule has 3 heterocycles. The van der Waals surface area contributed by atoms with Gasteiger partial charge in [0.1, 0.15) is 29.2 Å². The van der Waals surface area contributed by atoms with E-state index < -0.39 is 12.0 Å².